The Morgan fingerprint density at radius 1 is 1.00 bits per heavy atom. The quantitative estimate of drug-likeness (QED) is 0.675. The minimum atomic E-state index is -0.116. The summed E-state index contributed by atoms with van der Waals surface area (Å²) in [4.78, 5) is 19.7. The fourth-order valence-corrected chi connectivity index (χ4v) is 3.51. The van der Waals surface area contributed by atoms with E-state index in [9.17, 15) is 4.79 Å². The number of ether oxygens (including phenoxy) is 1. The molecule has 0 saturated heterocycles. The van der Waals surface area contributed by atoms with E-state index in [0.717, 1.165) is 24.5 Å². The third kappa shape index (κ3) is 3.78. The zero-order chi connectivity index (χ0) is 18.6. The van der Waals surface area contributed by atoms with Crippen LogP contribution in [0, 0.1) is 0 Å². The lowest BCUT2D eigenvalue weighted by atomic mass is 10.1. The molecular formula is C22H23N3O2. The van der Waals surface area contributed by atoms with Gasteiger partial charge >= 0.3 is 0 Å². The van der Waals surface area contributed by atoms with Gasteiger partial charge in [0.2, 0.25) is 5.75 Å². The molecule has 0 atom stereocenters. The molecule has 0 N–H and O–H groups in total. The lowest BCUT2D eigenvalue weighted by Crippen LogP contribution is -2.29. The van der Waals surface area contributed by atoms with E-state index in [2.05, 4.69) is 34.1 Å². The minimum absolute atomic E-state index is 0.116. The average molecular weight is 361 g/mol. The highest BCUT2D eigenvalue weighted by atomic mass is 16.5. The molecule has 4 rings (SSSR count). The van der Waals surface area contributed by atoms with Crippen molar-refractivity contribution in [3.8, 4) is 5.75 Å². The Labute approximate surface area is 158 Å². The van der Waals surface area contributed by atoms with Gasteiger partial charge in [-0.15, -0.1) is 0 Å². The first-order valence-electron chi connectivity index (χ1n) is 9.29. The third-order valence-electron chi connectivity index (χ3n) is 4.92. The van der Waals surface area contributed by atoms with Gasteiger partial charge < -0.3 is 4.74 Å². The highest BCUT2D eigenvalue weighted by molar-refractivity contribution is 5.30. The topological polar surface area (TPSA) is 47.4 Å². The molecule has 0 radical (unpaired) electrons. The van der Waals surface area contributed by atoms with E-state index in [1.807, 2.05) is 37.3 Å². The van der Waals surface area contributed by atoms with Crippen molar-refractivity contribution in [2.75, 3.05) is 0 Å². The van der Waals surface area contributed by atoms with E-state index in [-0.39, 0.29) is 5.56 Å². The number of hydrogen-bond acceptors (Lipinski definition) is 4. The van der Waals surface area contributed by atoms with Crippen LogP contribution in [-0.2, 0) is 32.8 Å². The van der Waals surface area contributed by atoms with E-state index in [1.54, 1.807) is 10.8 Å². The molecule has 5 nitrogen and oxygen atoms in total. The van der Waals surface area contributed by atoms with Crippen LogP contribution in [-0.4, -0.2) is 14.5 Å². The molecule has 3 aromatic rings. The SMILES string of the molecule is CCn1c(CN2Cc3ccccc3C2)ncc(OCc2ccccc2)c1=O. The average Bonchev–Trinajstić information content (AvgIpc) is 3.11. The maximum Gasteiger partial charge on any atom is 0.295 e. The number of aromatic nitrogens is 2. The molecule has 0 fully saturated rings. The Balaban J connectivity index is 1.49. The Bertz CT molecular complexity index is 957. The van der Waals surface area contributed by atoms with E-state index < -0.39 is 0 Å². The van der Waals surface area contributed by atoms with Crippen molar-refractivity contribution in [2.24, 2.45) is 0 Å². The van der Waals surface area contributed by atoms with Crippen LogP contribution in [0.3, 0.4) is 0 Å². The molecular weight excluding hydrogens is 338 g/mol. The lowest BCUT2D eigenvalue weighted by molar-refractivity contribution is 0.258. The molecule has 1 aliphatic rings. The Morgan fingerprint density at radius 3 is 2.33 bits per heavy atom. The fourth-order valence-electron chi connectivity index (χ4n) is 3.51. The molecule has 2 heterocycles. The highest BCUT2D eigenvalue weighted by Gasteiger charge is 2.20. The first-order valence-corrected chi connectivity index (χ1v) is 9.29. The molecule has 2 aromatic carbocycles. The van der Waals surface area contributed by atoms with Crippen molar-refractivity contribution in [3.63, 3.8) is 0 Å². The summed E-state index contributed by atoms with van der Waals surface area (Å²) in [5, 5.41) is 0. The molecule has 0 aliphatic carbocycles. The second-order valence-corrected chi connectivity index (χ2v) is 6.78. The summed E-state index contributed by atoms with van der Waals surface area (Å²) < 4.78 is 7.44. The smallest absolute Gasteiger partial charge is 0.295 e. The number of rotatable bonds is 6. The van der Waals surface area contributed by atoms with E-state index in [4.69, 9.17) is 4.74 Å². The molecule has 27 heavy (non-hydrogen) atoms. The predicted molar refractivity (Wildman–Crippen MR) is 104 cm³/mol. The molecule has 0 saturated carbocycles. The molecule has 0 bridgehead atoms. The van der Waals surface area contributed by atoms with Gasteiger partial charge in [0, 0.05) is 19.6 Å². The zero-order valence-corrected chi connectivity index (χ0v) is 15.5. The third-order valence-corrected chi connectivity index (χ3v) is 4.92. The van der Waals surface area contributed by atoms with Crippen molar-refractivity contribution in [1.82, 2.24) is 14.5 Å². The van der Waals surface area contributed by atoms with Crippen molar-refractivity contribution in [2.45, 2.75) is 39.7 Å². The monoisotopic (exact) mass is 361 g/mol. The van der Waals surface area contributed by atoms with Crippen LogP contribution in [0.4, 0.5) is 0 Å². The number of fused-ring (bicyclic) bond motifs is 1. The predicted octanol–water partition coefficient (Wildman–Crippen LogP) is 3.36. The largest absolute Gasteiger partial charge is 0.482 e. The van der Waals surface area contributed by atoms with Gasteiger partial charge in [-0.3, -0.25) is 14.3 Å². The van der Waals surface area contributed by atoms with Crippen LogP contribution < -0.4 is 10.3 Å². The molecule has 138 valence electrons. The van der Waals surface area contributed by atoms with Gasteiger partial charge in [0.1, 0.15) is 12.4 Å². The second-order valence-electron chi connectivity index (χ2n) is 6.78. The first kappa shape index (κ1) is 17.5. The van der Waals surface area contributed by atoms with Crippen molar-refractivity contribution < 1.29 is 4.74 Å². The number of hydrogen-bond donors (Lipinski definition) is 0. The lowest BCUT2D eigenvalue weighted by Gasteiger charge is -2.18. The van der Waals surface area contributed by atoms with Gasteiger partial charge in [-0.2, -0.15) is 0 Å². The minimum Gasteiger partial charge on any atom is -0.482 e. The van der Waals surface area contributed by atoms with Crippen molar-refractivity contribution in [1.29, 1.82) is 0 Å². The fraction of sp³-hybridized carbons (Fsp3) is 0.273. The van der Waals surface area contributed by atoms with E-state index in [1.165, 1.54) is 11.1 Å². The normalized spacial score (nSPS) is 13.5. The number of nitrogens with zero attached hydrogens (tertiary/aromatic N) is 3. The highest BCUT2D eigenvalue weighted by Crippen LogP contribution is 2.23. The number of benzene rings is 2. The van der Waals surface area contributed by atoms with Gasteiger partial charge in [-0.05, 0) is 23.6 Å². The van der Waals surface area contributed by atoms with Crippen LogP contribution in [0.25, 0.3) is 0 Å². The Morgan fingerprint density at radius 2 is 1.67 bits per heavy atom. The summed E-state index contributed by atoms with van der Waals surface area (Å²) in [7, 11) is 0. The summed E-state index contributed by atoms with van der Waals surface area (Å²) in [6.45, 7) is 5.33. The molecule has 0 amide bonds. The van der Waals surface area contributed by atoms with Crippen LogP contribution in [0.1, 0.15) is 29.4 Å². The summed E-state index contributed by atoms with van der Waals surface area (Å²) in [5.74, 6) is 1.08. The molecule has 5 heteroatoms. The van der Waals surface area contributed by atoms with Crippen LogP contribution in [0.2, 0.25) is 0 Å². The van der Waals surface area contributed by atoms with Gasteiger partial charge in [-0.25, -0.2) is 4.98 Å². The molecule has 1 aliphatic heterocycles. The Kier molecular flexibility index (Phi) is 5.03. The van der Waals surface area contributed by atoms with Gasteiger partial charge in [0.25, 0.3) is 5.56 Å². The van der Waals surface area contributed by atoms with E-state index in [0.29, 0.717) is 25.4 Å². The summed E-state index contributed by atoms with van der Waals surface area (Å²) in [6.07, 6.45) is 1.57. The summed E-state index contributed by atoms with van der Waals surface area (Å²) in [5.41, 5.74) is 3.62. The van der Waals surface area contributed by atoms with Crippen molar-refractivity contribution in [3.05, 3.63) is 93.7 Å². The van der Waals surface area contributed by atoms with Gasteiger partial charge in [0.15, 0.2) is 0 Å². The maximum atomic E-state index is 12.8. The maximum absolute atomic E-state index is 12.8. The van der Waals surface area contributed by atoms with Crippen molar-refractivity contribution >= 4 is 0 Å². The van der Waals surface area contributed by atoms with Gasteiger partial charge in [0.05, 0.1) is 12.7 Å². The van der Waals surface area contributed by atoms with Crippen LogP contribution in [0.15, 0.2) is 65.6 Å². The van der Waals surface area contributed by atoms with E-state index >= 15 is 0 Å². The second kappa shape index (κ2) is 7.76. The zero-order valence-electron chi connectivity index (χ0n) is 15.5. The summed E-state index contributed by atoms with van der Waals surface area (Å²) in [6, 6.07) is 18.3. The van der Waals surface area contributed by atoms with Gasteiger partial charge in [-0.1, -0.05) is 54.6 Å². The molecule has 0 spiro atoms. The van der Waals surface area contributed by atoms with Crippen LogP contribution in [0.5, 0.6) is 5.75 Å². The Hall–Kier alpha value is -2.92. The standard InChI is InChI=1S/C22H23N3O2/c1-2-25-21(15-24-13-18-10-6-7-11-19(18)14-24)23-12-20(22(25)26)27-16-17-8-4-3-5-9-17/h3-12H,2,13-16H2,1H3. The summed E-state index contributed by atoms with van der Waals surface area (Å²) >= 11 is 0. The van der Waals surface area contributed by atoms with Crippen LogP contribution >= 0.6 is 0 Å². The molecule has 0 unspecified atom stereocenters. The first-order chi connectivity index (χ1) is 13.2. The molecule has 1 aromatic heterocycles.